The lowest BCUT2D eigenvalue weighted by atomic mass is 10.1. The van der Waals surface area contributed by atoms with Crippen LogP contribution < -0.4 is 14.8 Å². The fourth-order valence-corrected chi connectivity index (χ4v) is 2.32. The first-order valence-corrected chi connectivity index (χ1v) is 6.96. The third-order valence-electron chi connectivity index (χ3n) is 3.47. The smallest absolute Gasteiger partial charge is 0.347 e. The Morgan fingerprint density at radius 3 is 2.48 bits per heavy atom. The van der Waals surface area contributed by atoms with Gasteiger partial charge in [-0.05, 0) is 25.0 Å². The van der Waals surface area contributed by atoms with E-state index in [0.717, 1.165) is 31.6 Å². The zero-order valence-corrected chi connectivity index (χ0v) is 12.7. The molecule has 0 saturated carbocycles. The number of ether oxygens (including phenoxy) is 2. The maximum absolute atomic E-state index is 12.1. The van der Waals surface area contributed by atoms with Crippen LogP contribution in [-0.2, 0) is 0 Å². The predicted molar refractivity (Wildman–Crippen MR) is 82.5 cm³/mol. The molecule has 2 rings (SSSR count). The number of nitrogens with zero attached hydrogens (tertiary/aromatic N) is 2. The number of hydrogen-bond acceptors (Lipinski definition) is 3. The van der Waals surface area contributed by atoms with Crippen molar-refractivity contribution < 1.29 is 14.3 Å². The Kier molecular flexibility index (Phi) is 5.03. The van der Waals surface area contributed by atoms with E-state index >= 15 is 0 Å². The number of aliphatic imine (C=N–C) groups is 1. The molecule has 0 atom stereocenters. The summed E-state index contributed by atoms with van der Waals surface area (Å²) in [4.78, 5) is 18.3. The first-order valence-electron chi connectivity index (χ1n) is 6.96. The van der Waals surface area contributed by atoms with Crippen LogP contribution in [0.25, 0.3) is 0 Å². The van der Waals surface area contributed by atoms with Crippen LogP contribution in [0, 0.1) is 0 Å². The van der Waals surface area contributed by atoms with E-state index in [2.05, 4.69) is 10.3 Å². The van der Waals surface area contributed by atoms with Crippen molar-refractivity contribution in [3.63, 3.8) is 0 Å². The summed E-state index contributed by atoms with van der Waals surface area (Å²) in [6.45, 7) is 0.935. The Balaban J connectivity index is 2.17. The molecule has 1 N–H and O–H groups in total. The van der Waals surface area contributed by atoms with Gasteiger partial charge < -0.3 is 14.4 Å². The van der Waals surface area contributed by atoms with E-state index in [0.29, 0.717) is 17.2 Å². The summed E-state index contributed by atoms with van der Waals surface area (Å²) in [5, 5.41) is 2.75. The van der Waals surface area contributed by atoms with Gasteiger partial charge in [0, 0.05) is 20.0 Å². The largest absolute Gasteiger partial charge is 0.494 e. The standard InChI is InChI=1S/C15H21N3O3/c1-18-10-5-4-9-13(18)16-15(19)17-14-11(20-2)7-6-8-12(14)21-3/h6-8H,4-5,9-10H2,1-3H3,(H,17,19). The van der Waals surface area contributed by atoms with Crippen molar-refractivity contribution in [2.75, 3.05) is 33.1 Å². The average Bonchev–Trinajstić information content (AvgIpc) is 2.49. The molecule has 0 spiro atoms. The van der Waals surface area contributed by atoms with Gasteiger partial charge in [0.1, 0.15) is 23.0 Å². The molecule has 1 aromatic rings. The second-order valence-electron chi connectivity index (χ2n) is 4.87. The van der Waals surface area contributed by atoms with Gasteiger partial charge in [-0.15, -0.1) is 0 Å². The van der Waals surface area contributed by atoms with Gasteiger partial charge in [0.25, 0.3) is 0 Å². The number of rotatable bonds is 3. The minimum absolute atomic E-state index is 0.415. The normalized spacial score (nSPS) is 16.7. The van der Waals surface area contributed by atoms with Crippen LogP contribution in [0.4, 0.5) is 10.5 Å². The van der Waals surface area contributed by atoms with Crippen LogP contribution in [0.5, 0.6) is 11.5 Å². The molecular formula is C15H21N3O3. The number of likely N-dealkylation sites (tertiary alicyclic amines) is 1. The molecule has 1 aromatic carbocycles. The van der Waals surface area contributed by atoms with Gasteiger partial charge in [-0.1, -0.05) is 6.07 Å². The summed E-state index contributed by atoms with van der Waals surface area (Å²) in [7, 11) is 5.05. The molecule has 1 aliphatic heterocycles. The summed E-state index contributed by atoms with van der Waals surface area (Å²) in [6, 6.07) is 4.91. The fraction of sp³-hybridized carbons (Fsp3) is 0.467. The molecule has 21 heavy (non-hydrogen) atoms. The van der Waals surface area contributed by atoms with Crippen LogP contribution in [-0.4, -0.2) is 44.6 Å². The molecule has 1 fully saturated rings. The summed E-state index contributed by atoms with van der Waals surface area (Å²) in [5.74, 6) is 1.90. The highest BCUT2D eigenvalue weighted by Gasteiger charge is 2.16. The number of carbonyl (C=O) groups is 1. The van der Waals surface area contributed by atoms with Gasteiger partial charge in [-0.25, -0.2) is 4.79 Å². The van der Waals surface area contributed by atoms with Gasteiger partial charge in [0.2, 0.25) is 0 Å². The molecule has 0 aromatic heterocycles. The van der Waals surface area contributed by atoms with Crippen molar-refractivity contribution in [2.24, 2.45) is 4.99 Å². The van der Waals surface area contributed by atoms with Gasteiger partial charge in [-0.2, -0.15) is 4.99 Å². The number of urea groups is 1. The van der Waals surface area contributed by atoms with E-state index < -0.39 is 6.03 Å². The quantitative estimate of drug-likeness (QED) is 0.930. The van der Waals surface area contributed by atoms with E-state index in [1.807, 2.05) is 11.9 Å². The van der Waals surface area contributed by atoms with E-state index in [4.69, 9.17) is 9.47 Å². The highest BCUT2D eigenvalue weighted by atomic mass is 16.5. The summed E-state index contributed by atoms with van der Waals surface area (Å²) in [6.07, 6.45) is 3.03. The molecule has 6 nitrogen and oxygen atoms in total. The zero-order chi connectivity index (χ0) is 15.2. The molecule has 6 heteroatoms. The topological polar surface area (TPSA) is 63.2 Å². The minimum atomic E-state index is -0.415. The lowest BCUT2D eigenvalue weighted by molar-refractivity contribution is 0.258. The van der Waals surface area contributed by atoms with E-state index in [1.165, 1.54) is 0 Å². The Labute approximate surface area is 124 Å². The monoisotopic (exact) mass is 291 g/mol. The first kappa shape index (κ1) is 15.2. The van der Waals surface area contributed by atoms with Crippen LogP contribution in [0.15, 0.2) is 23.2 Å². The third kappa shape index (κ3) is 3.65. The zero-order valence-electron chi connectivity index (χ0n) is 12.7. The predicted octanol–water partition coefficient (Wildman–Crippen LogP) is 2.75. The third-order valence-corrected chi connectivity index (χ3v) is 3.47. The lowest BCUT2D eigenvalue weighted by Crippen LogP contribution is -2.32. The Hall–Kier alpha value is -2.24. The average molecular weight is 291 g/mol. The number of para-hydroxylation sites is 1. The maximum atomic E-state index is 12.1. The Bertz CT molecular complexity index is 521. The highest BCUT2D eigenvalue weighted by Crippen LogP contribution is 2.34. The molecule has 1 saturated heterocycles. The molecule has 0 unspecified atom stereocenters. The summed E-state index contributed by atoms with van der Waals surface area (Å²) in [5.41, 5.74) is 0.496. The van der Waals surface area contributed by atoms with E-state index in [1.54, 1.807) is 32.4 Å². The van der Waals surface area contributed by atoms with E-state index in [-0.39, 0.29) is 0 Å². The highest BCUT2D eigenvalue weighted by molar-refractivity contribution is 6.01. The Morgan fingerprint density at radius 2 is 1.90 bits per heavy atom. The molecule has 1 aliphatic rings. The van der Waals surface area contributed by atoms with Crippen LogP contribution in [0.1, 0.15) is 19.3 Å². The number of anilines is 1. The Morgan fingerprint density at radius 1 is 1.24 bits per heavy atom. The minimum Gasteiger partial charge on any atom is -0.494 e. The van der Waals surface area contributed by atoms with Gasteiger partial charge >= 0.3 is 6.03 Å². The van der Waals surface area contributed by atoms with Crippen molar-refractivity contribution in [3.05, 3.63) is 18.2 Å². The van der Waals surface area contributed by atoms with Crippen molar-refractivity contribution >= 4 is 17.6 Å². The second kappa shape index (κ2) is 6.97. The summed E-state index contributed by atoms with van der Waals surface area (Å²) >= 11 is 0. The first-order chi connectivity index (χ1) is 10.2. The number of carbonyl (C=O) groups excluding carboxylic acids is 1. The van der Waals surface area contributed by atoms with Crippen LogP contribution >= 0.6 is 0 Å². The van der Waals surface area contributed by atoms with Crippen molar-refractivity contribution in [2.45, 2.75) is 19.3 Å². The molecule has 0 aliphatic carbocycles. The second-order valence-corrected chi connectivity index (χ2v) is 4.87. The number of hydrogen-bond donors (Lipinski definition) is 1. The van der Waals surface area contributed by atoms with Crippen LogP contribution in [0.2, 0.25) is 0 Å². The number of amides is 2. The van der Waals surface area contributed by atoms with Crippen LogP contribution in [0.3, 0.4) is 0 Å². The molecular weight excluding hydrogens is 270 g/mol. The lowest BCUT2D eigenvalue weighted by Gasteiger charge is -2.25. The fourth-order valence-electron chi connectivity index (χ4n) is 2.32. The van der Waals surface area contributed by atoms with Crippen molar-refractivity contribution in [1.29, 1.82) is 0 Å². The number of piperidine rings is 1. The van der Waals surface area contributed by atoms with E-state index in [9.17, 15) is 4.79 Å². The number of benzene rings is 1. The molecule has 114 valence electrons. The maximum Gasteiger partial charge on any atom is 0.347 e. The SMILES string of the molecule is COc1cccc(OC)c1NC(=O)N=C1CCCCN1C. The number of nitrogens with one attached hydrogen (secondary N) is 1. The molecule has 1 heterocycles. The van der Waals surface area contributed by atoms with Gasteiger partial charge in [0.15, 0.2) is 0 Å². The van der Waals surface area contributed by atoms with Gasteiger partial charge in [0.05, 0.1) is 14.2 Å². The summed E-state index contributed by atoms with van der Waals surface area (Å²) < 4.78 is 10.5. The molecule has 0 bridgehead atoms. The molecule has 2 amide bonds. The number of amidine groups is 1. The van der Waals surface area contributed by atoms with Gasteiger partial charge in [-0.3, -0.25) is 5.32 Å². The molecule has 0 radical (unpaired) electrons. The number of methoxy groups -OCH3 is 2. The van der Waals surface area contributed by atoms with Crippen molar-refractivity contribution in [1.82, 2.24) is 4.90 Å². The van der Waals surface area contributed by atoms with Crippen molar-refractivity contribution in [3.8, 4) is 11.5 Å².